The van der Waals surface area contributed by atoms with Gasteiger partial charge in [-0.15, -0.1) is 0 Å². The summed E-state index contributed by atoms with van der Waals surface area (Å²) in [6.07, 6.45) is 0. The van der Waals surface area contributed by atoms with Gasteiger partial charge in [0.2, 0.25) is 11.8 Å². The van der Waals surface area contributed by atoms with Crippen LogP contribution in [-0.4, -0.2) is 36.0 Å². The highest BCUT2D eigenvalue weighted by Gasteiger charge is 2.68. The first-order chi connectivity index (χ1) is 8.10. The molecule has 18 heavy (non-hydrogen) atoms. The third-order valence-corrected chi connectivity index (χ3v) is 4.14. The van der Waals surface area contributed by atoms with Crippen molar-refractivity contribution in [2.75, 3.05) is 13.1 Å². The maximum absolute atomic E-state index is 11.9. The standard InChI is InChI=1S/C12H20N2O4/c1-11(2)9(12(11,3)4)10(18)14-5-7(15)13-6-8(16)17/h9H,5-6H2,1-4H3,(H,13,15)(H,14,18)(H,16,17). The zero-order chi connectivity index (χ0) is 14.1. The van der Waals surface area contributed by atoms with E-state index >= 15 is 0 Å². The molecule has 0 unspecified atom stereocenters. The largest absolute Gasteiger partial charge is 0.480 e. The van der Waals surface area contributed by atoms with E-state index in [4.69, 9.17) is 5.11 Å². The smallest absolute Gasteiger partial charge is 0.322 e. The summed E-state index contributed by atoms with van der Waals surface area (Å²) in [7, 11) is 0. The summed E-state index contributed by atoms with van der Waals surface area (Å²) in [5.74, 6) is -1.88. The fourth-order valence-corrected chi connectivity index (χ4v) is 2.36. The lowest BCUT2D eigenvalue weighted by molar-refractivity contribution is -0.137. The number of hydrogen-bond donors (Lipinski definition) is 3. The minimum Gasteiger partial charge on any atom is -0.480 e. The van der Waals surface area contributed by atoms with Crippen LogP contribution in [-0.2, 0) is 14.4 Å². The molecule has 1 aliphatic carbocycles. The van der Waals surface area contributed by atoms with Crippen molar-refractivity contribution in [3.05, 3.63) is 0 Å². The number of aliphatic carboxylic acids is 1. The Kier molecular flexibility index (Phi) is 3.69. The van der Waals surface area contributed by atoms with Crippen molar-refractivity contribution < 1.29 is 19.5 Å². The Morgan fingerprint density at radius 1 is 1.00 bits per heavy atom. The fraction of sp³-hybridized carbons (Fsp3) is 0.750. The average molecular weight is 256 g/mol. The van der Waals surface area contributed by atoms with E-state index in [1.807, 2.05) is 27.7 Å². The molecule has 0 atom stereocenters. The van der Waals surface area contributed by atoms with E-state index in [9.17, 15) is 14.4 Å². The second kappa shape index (κ2) is 4.59. The molecule has 0 bridgehead atoms. The molecule has 0 aliphatic heterocycles. The van der Waals surface area contributed by atoms with E-state index in [0.29, 0.717) is 0 Å². The number of carbonyl (C=O) groups is 3. The first-order valence-corrected chi connectivity index (χ1v) is 5.87. The molecule has 3 N–H and O–H groups in total. The summed E-state index contributed by atoms with van der Waals surface area (Å²) >= 11 is 0. The molecule has 0 radical (unpaired) electrons. The van der Waals surface area contributed by atoms with E-state index in [1.54, 1.807) is 0 Å². The molecule has 6 nitrogen and oxygen atoms in total. The molecule has 1 rings (SSSR count). The second-order valence-electron chi connectivity index (χ2n) is 5.76. The van der Waals surface area contributed by atoms with Crippen LogP contribution in [0.2, 0.25) is 0 Å². The molecule has 1 fully saturated rings. The maximum Gasteiger partial charge on any atom is 0.322 e. The predicted molar refractivity (Wildman–Crippen MR) is 64.7 cm³/mol. The van der Waals surface area contributed by atoms with Crippen molar-refractivity contribution >= 4 is 17.8 Å². The Hall–Kier alpha value is -1.59. The van der Waals surface area contributed by atoms with E-state index < -0.39 is 18.4 Å². The molecule has 0 spiro atoms. The van der Waals surface area contributed by atoms with Crippen molar-refractivity contribution in [3.8, 4) is 0 Å². The van der Waals surface area contributed by atoms with Crippen LogP contribution in [0.15, 0.2) is 0 Å². The third kappa shape index (κ3) is 2.63. The van der Waals surface area contributed by atoms with Gasteiger partial charge in [-0.3, -0.25) is 14.4 Å². The number of amides is 2. The monoisotopic (exact) mass is 256 g/mol. The highest BCUT2D eigenvalue weighted by atomic mass is 16.4. The SMILES string of the molecule is CC1(C)C(C(=O)NCC(=O)NCC(=O)O)C1(C)C. The average Bonchev–Trinajstić information content (AvgIpc) is 2.63. The van der Waals surface area contributed by atoms with E-state index in [0.717, 1.165) is 0 Å². The number of carboxylic acid groups (broad SMARTS) is 1. The van der Waals surface area contributed by atoms with Gasteiger partial charge in [-0.25, -0.2) is 0 Å². The lowest BCUT2D eigenvalue weighted by Gasteiger charge is -2.06. The minimum absolute atomic E-state index is 0.0748. The van der Waals surface area contributed by atoms with E-state index in [1.165, 1.54) is 0 Å². The number of hydrogen-bond acceptors (Lipinski definition) is 3. The second-order valence-corrected chi connectivity index (χ2v) is 5.76. The number of rotatable bonds is 5. The third-order valence-electron chi connectivity index (χ3n) is 4.14. The lowest BCUT2D eigenvalue weighted by Crippen LogP contribution is -2.40. The van der Waals surface area contributed by atoms with Crippen LogP contribution in [0.3, 0.4) is 0 Å². The lowest BCUT2D eigenvalue weighted by atomic mass is 10.0. The van der Waals surface area contributed by atoms with Gasteiger partial charge >= 0.3 is 5.97 Å². The van der Waals surface area contributed by atoms with Gasteiger partial charge in [-0.2, -0.15) is 0 Å². The topological polar surface area (TPSA) is 95.5 Å². The van der Waals surface area contributed by atoms with Gasteiger partial charge in [0, 0.05) is 5.92 Å². The molecular formula is C12H20N2O4. The molecule has 0 saturated heterocycles. The van der Waals surface area contributed by atoms with Crippen molar-refractivity contribution in [3.63, 3.8) is 0 Å². The summed E-state index contributed by atoms with van der Waals surface area (Å²) in [6, 6.07) is 0. The molecule has 2 amide bonds. The fourth-order valence-electron chi connectivity index (χ4n) is 2.36. The van der Waals surface area contributed by atoms with Gasteiger partial charge in [-0.1, -0.05) is 27.7 Å². The van der Waals surface area contributed by atoms with Gasteiger partial charge in [0.15, 0.2) is 0 Å². The van der Waals surface area contributed by atoms with Gasteiger partial charge < -0.3 is 15.7 Å². The summed E-state index contributed by atoms with van der Waals surface area (Å²) in [5, 5.41) is 13.1. The van der Waals surface area contributed by atoms with Crippen molar-refractivity contribution in [1.29, 1.82) is 0 Å². The maximum atomic E-state index is 11.9. The zero-order valence-electron chi connectivity index (χ0n) is 11.2. The van der Waals surface area contributed by atoms with Crippen LogP contribution < -0.4 is 10.6 Å². The van der Waals surface area contributed by atoms with Gasteiger partial charge in [0.05, 0.1) is 6.54 Å². The quantitative estimate of drug-likeness (QED) is 0.644. The molecule has 0 aromatic heterocycles. The molecule has 0 heterocycles. The highest BCUT2D eigenvalue weighted by molar-refractivity contribution is 5.89. The molecule has 0 aromatic rings. The molecule has 1 saturated carbocycles. The predicted octanol–water partition coefficient (Wildman–Crippen LogP) is -0.0144. The van der Waals surface area contributed by atoms with E-state index in [-0.39, 0.29) is 29.2 Å². The zero-order valence-corrected chi connectivity index (χ0v) is 11.2. The summed E-state index contributed by atoms with van der Waals surface area (Å²) in [4.78, 5) is 33.3. The summed E-state index contributed by atoms with van der Waals surface area (Å²) < 4.78 is 0. The van der Waals surface area contributed by atoms with Crippen LogP contribution in [0.4, 0.5) is 0 Å². The Morgan fingerprint density at radius 3 is 1.89 bits per heavy atom. The molecular weight excluding hydrogens is 236 g/mol. The van der Waals surface area contributed by atoms with E-state index in [2.05, 4.69) is 10.6 Å². The van der Waals surface area contributed by atoms with Crippen molar-refractivity contribution in [1.82, 2.24) is 10.6 Å². The first kappa shape index (κ1) is 14.5. The molecule has 1 aliphatic rings. The van der Waals surface area contributed by atoms with Gasteiger partial charge in [0.1, 0.15) is 6.54 Å². The number of carbonyl (C=O) groups excluding carboxylic acids is 2. The van der Waals surface area contributed by atoms with Crippen molar-refractivity contribution in [2.45, 2.75) is 27.7 Å². The summed E-state index contributed by atoms with van der Waals surface area (Å²) in [6.45, 7) is 7.44. The van der Waals surface area contributed by atoms with Crippen molar-refractivity contribution in [2.24, 2.45) is 16.7 Å². The number of nitrogens with one attached hydrogen (secondary N) is 2. The Labute approximate surface area is 106 Å². The normalized spacial score (nSPS) is 20.0. The molecule has 0 aromatic carbocycles. The Bertz CT molecular complexity index is 374. The van der Waals surface area contributed by atoms with Crippen LogP contribution in [0.25, 0.3) is 0 Å². The van der Waals surface area contributed by atoms with Crippen LogP contribution in [0.5, 0.6) is 0 Å². The minimum atomic E-state index is -1.11. The molecule has 102 valence electrons. The van der Waals surface area contributed by atoms with Crippen LogP contribution >= 0.6 is 0 Å². The highest BCUT2D eigenvalue weighted by Crippen LogP contribution is 2.68. The number of carboxylic acids is 1. The molecule has 6 heteroatoms. The van der Waals surface area contributed by atoms with Crippen LogP contribution in [0, 0.1) is 16.7 Å². The Balaban J connectivity index is 2.35. The van der Waals surface area contributed by atoms with Crippen LogP contribution in [0.1, 0.15) is 27.7 Å². The van der Waals surface area contributed by atoms with Gasteiger partial charge in [-0.05, 0) is 10.8 Å². The Morgan fingerprint density at radius 2 is 1.50 bits per heavy atom. The first-order valence-electron chi connectivity index (χ1n) is 5.87. The van der Waals surface area contributed by atoms with Gasteiger partial charge in [0.25, 0.3) is 0 Å². The summed E-state index contributed by atoms with van der Waals surface area (Å²) in [5.41, 5.74) is -0.150.